The van der Waals surface area contributed by atoms with E-state index in [-0.39, 0.29) is 29.1 Å². The van der Waals surface area contributed by atoms with Gasteiger partial charge in [0.2, 0.25) is 0 Å². The molecule has 1 N–H and O–H groups in total. The lowest BCUT2D eigenvalue weighted by atomic mass is 10.1. The van der Waals surface area contributed by atoms with Crippen molar-refractivity contribution >= 4 is 34.8 Å². The average Bonchev–Trinajstić information content (AvgIpc) is 2.53. The van der Waals surface area contributed by atoms with E-state index in [0.717, 1.165) is 5.56 Å². The molecule has 0 heterocycles. The highest BCUT2D eigenvalue weighted by Crippen LogP contribution is 2.29. The summed E-state index contributed by atoms with van der Waals surface area (Å²) in [5.41, 5.74) is 0.472. The molecule has 0 aliphatic heterocycles. The molecule has 0 bridgehead atoms. The summed E-state index contributed by atoms with van der Waals surface area (Å²) in [4.78, 5) is 22.3. The van der Waals surface area contributed by atoms with Crippen LogP contribution in [0.25, 0.3) is 0 Å². The molecule has 0 aliphatic carbocycles. The number of hydrogen-bond donors (Lipinski definition) is 1. The number of amides is 1. The van der Waals surface area contributed by atoms with Crippen LogP contribution in [-0.2, 0) is 4.79 Å². The van der Waals surface area contributed by atoms with Crippen molar-refractivity contribution in [3.8, 4) is 5.75 Å². The van der Waals surface area contributed by atoms with Crippen molar-refractivity contribution in [3.63, 3.8) is 0 Å². The van der Waals surface area contributed by atoms with Crippen molar-refractivity contribution < 1.29 is 14.5 Å². The van der Waals surface area contributed by atoms with Gasteiger partial charge in [0.25, 0.3) is 5.91 Å². The molecule has 0 fully saturated rings. The molecule has 2 aromatic rings. The first-order chi connectivity index (χ1) is 11.4. The lowest BCUT2D eigenvalue weighted by Gasteiger charge is -2.16. The minimum Gasteiger partial charge on any atom is -0.477 e. The van der Waals surface area contributed by atoms with Crippen LogP contribution in [0.3, 0.4) is 0 Å². The standard InChI is InChI=1S/C16H14Cl2N2O4/c1-10(12-4-2-3-5-13(12)18)19-16(21)9-24-15-7-6-11(17)8-14(15)20(22)23/h2-8,10H,9H2,1H3,(H,19,21)/t10-/m0/s1. The largest absolute Gasteiger partial charge is 0.477 e. The Morgan fingerprint density at radius 3 is 2.67 bits per heavy atom. The van der Waals surface area contributed by atoms with Gasteiger partial charge in [0.1, 0.15) is 0 Å². The van der Waals surface area contributed by atoms with Crippen molar-refractivity contribution in [3.05, 3.63) is 68.2 Å². The van der Waals surface area contributed by atoms with Crippen LogP contribution in [0.4, 0.5) is 5.69 Å². The summed E-state index contributed by atoms with van der Waals surface area (Å²) in [6.07, 6.45) is 0. The highest BCUT2D eigenvalue weighted by Gasteiger charge is 2.18. The van der Waals surface area contributed by atoms with Gasteiger partial charge in [-0.15, -0.1) is 0 Å². The molecule has 0 spiro atoms. The van der Waals surface area contributed by atoms with Gasteiger partial charge in [-0.1, -0.05) is 41.4 Å². The van der Waals surface area contributed by atoms with Crippen LogP contribution in [0, 0.1) is 10.1 Å². The summed E-state index contributed by atoms with van der Waals surface area (Å²) in [6.45, 7) is 1.42. The second-order valence-electron chi connectivity index (χ2n) is 4.97. The monoisotopic (exact) mass is 368 g/mol. The summed E-state index contributed by atoms with van der Waals surface area (Å²) < 4.78 is 5.24. The Bertz CT molecular complexity index is 767. The molecule has 0 saturated heterocycles. The number of nitrogens with zero attached hydrogens (tertiary/aromatic N) is 1. The van der Waals surface area contributed by atoms with E-state index in [1.807, 2.05) is 6.07 Å². The Kier molecular flexibility index (Phi) is 6.00. The molecular formula is C16H14Cl2N2O4. The molecule has 6 nitrogen and oxygen atoms in total. The molecular weight excluding hydrogens is 355 g/mol. The summed E-state index contributed by atoms with van der Waals surface area (Å²) in [5.74, 6) is -0.448. The maximum absolute atomic E-state index is 12.0. The predicted molar refractivity (Wildman–Crippen MR) is 91.6 cm³/mol. The van der Waals surface area contributed by atoms with Crippen molar-refractivity contribution in [2.75, 3.05) is 6.61 Å². The number of hydrogen-bond acceptors (Lipinski definition) is 4. The fraction of sp³-hybridized carbons (Fsp3) is 0.188. The van der Waals surface area contributed by atoms with Crippen LogP contribution in [-0.4, -0.2) is 17.4 Å². The van der Waals surface area contributed by atoms with Gasteiger partial charge >= 0.3 is 5.69 Å². The minimum absolute atomic E-state index is 0.0232. The highest BCUT2D eigenvalue weighted by molar-refractivity contribution is 6.31. The van der Waals surface area contributed by atoms with E-state index in [1.54, 1.807) is 25.1 Å². The normalized spacial score (nSPS) is 11.6. The number of nitro groups is 1. The third-order valence-corrected chi connectivity index (χ3v) is 3.80. The first-order valence-electron chi connectivity index (χ1n) is 6.99. The number of nitrogens with one attached hydrogen (secondary N) is 1. The summed E-state index contributed by atoms with van der Waals surface area (Å²) in [7, 11) is 0. The Morgan fingerprint density at radius 1 is 1.29 bits per heavy atom. The van der Waals surface area contributed by atoms with Crippen LogP contribution in [0.1, 0.15) is 18.5 Å². The third kappa shape index (κ3) is 4.59. The molecule has 1 atom stereocenters. The first-order valence-corrected chi connectivity index (χ1v) is 7.74. The zero-order chi connectivity index (χ0) is 17.7. The highest BCUT2D eigenvalue weighted by atomic mass is 35.5. The van der Waals surface area contributed by atoms with Gasteiger partial charge in [0.05, 0.1) is 11.0 Å². The number of ether oxygens (including phenoxy) is 1. The van der Waals surface area contributed by atoms with Gasteiger partial charge < -0.3 is 10.1 Å². The van der Waals surface area contributed by atoms with Gasteiger partial charge in [-0.25, -0.2) is 0 Å². The maximum Gasteiger partial charge on any atom is 0.312 e. The van der Waals surface area contributed by atoms with E-state index in [9.17, 15) is 14.9 Å². The number of nitro benzene ring substituents is 1. The number of carbonyl (C=O) groups is 1. The SMILES string of the molecule is C[C@H](NC(=O)COc1ccc(Cl)cc1[N+](=O)[O-])c1ccccc1Cl. The second-order valence-corrected chi connectivity index (χ2v) is 5.81. The fourth-order valence-electron chi connectivity index (χ4n) is 2.09. The Balaban J connectivity index is 1.99. The molecule has 126 valence electrons. The van der Waals surface area contributed by atoms with E-state index in [1.165, 1.54) is 18.2 Å². The van der Waals surface area contributed by atoms with Gasteiger partial charge in [0.15, 0.2) is 12.4 Å². The lowest BCUT2D eigenvalue weighted by Crippen LogP contribution is -2.31. The Hall–Kier alpha value is -2.31. The molecule has 8 heteroatoms. The van der Waals surface area contributed by atoms with Crippen molar-refractivity contribution in [2.24, 2.45) is 0 Å². The number of halogens is 2. The second kappa shape index (κ2) is 7.99. The van der Waals surface area contributed by atoms with Gasteiger partial charge in [-0.2, -0.15) is 0 Å². The fourth-order valence-corrected chi connectivity index (χ4v) is 2.55. The number of carbonyl (C=O) groups excluding carboxylic acids is 1. The zero-order valence-corrected chi connectivity index (χ0v) is 14.2. The Morgan fingerprint density at radius 2 is 2.00 bits per heavy atom. The molecule has 2 aromatic carbocycles. The van der Waals surface area contributed by atoms with Crippen molar-refractivity contribution in [2.45, 2.75) is 13.0 Å². The molecule has 0 aromatic heterocycles. The van der Waals surface area contributed by atoms with Crippen molar-refractivity contribution in [1.29, 1.82) is 0 Å². The van der Waals surface area contributed by atoms with E-state index in [4.69, 9.17) is 27.9 Å². The maximum atomic E-state index is 12.0. The number of rotatable bonds is 6. The van der Waals surface area contributed by atoms with Crippen LogP contribution >= 0.6 is 23.2 Å². The van der Waals surface area contributed by atoms with Crippen LogP contribution in [0.15, 0.2) is 42.5 Å². The van der Waals surface area contributed by atoms with Gasteiger partial charge in [-0.3, -0.25) is 14.9 Å². The molecule has 0 saturated carbocycles. The summed E-state index contributed by atoms with van der Waals surface area (Å²) in [6, 6.07) is 10.8. The zero-order valence-electron chi connectivity index (χ0n) is 12.7. The minimum atomic E-state index is -0.620. The topological polar surface area (TPSA) is 81.5 Å². The van der Waals surface area contributed by atoms with Gasteiger partial charge in [-0.05, 0) is 30.7 Å². The van der Waals surface area contributed by atoms with E-state index >= 15 is 0 Å². The van der Waals surface area contributed by atoms with Crippen LogP contribution < -0.4 is 10.1 Å². The molecule has 1 amide bonds. The van der Waals surface area contributed by atoms with Gasteiger partial charge in [0, 0.05) is 16.1 Å². The molecule has 2 rings (SSSR count). The molecule has 0 aliphatic rings. The smallest absolute Gasteiger partial charge is 0.312 e. The first kappa shape index (κ1) is 18.0. The summed E-state index contributed by atoms with van der Waals surface area (Å²) in [5, 5.41) is 14.4. The molecule has 0 radical (unpaired) electrons. The van der Waals surface area contributed by atoms with E-state index < -0.39 is 10.8 Å². The quantitative estimate of drug-likeness (QED) is 0.612. The summed E-state index contributed by atoms with van der Waals surface area (Å²) >= 11 is 11.8. The molecule has 0 unspecified atom stereocenters. The van der Waals surface area contributed by atoms with E-state index in [2.05, 4.69) is 5.32 Å². The van der Waals surface area contributed by atoms with Crippen LogP contribution in [0.2, 0.25) is 10.0 Å². The Labute approximate surface area is 148 Å². The van der Waals surface area contributed by atoms with Crippen LogP contribution in [0.5, 0.6) is 5.75 Å². The number of benzene rings is 2. The van der Waals surface area contributed by atoms with E-state index in [0.29, 0.717) is 5.02 Å². The average molecular weight is 369 g/mol. The van der Waals surface area contributed by atoms with Crippen molar-refractivity contribution in [1.82, 2.24) is 5.32 Å². The third-order valence-electron chi connectivity index (χ3n) is 3.23. The molecule has 24 heavy (non-hydrogen) atoms. The predicted octanol–water partition coefficient (Wildman–Crippen LogP) is 4.16. The lowest BCUT2D eigenvalue weighted by molar-refractivity contribution is -0.385.